The number of fused-ring (bicyclic) bond motifs is 1. The van der Waals surface area contributed by atoms with Gasteiger partial charge < -0.3 is 19.7 Å². The lowest BCUT2D eigenvalue weighted by atomic mass is 9.75. The molecule has 1 fully saturated rings. The van der Waals surface area contributed by atoms with E-state index in [2.05, 4.69) is 15.3 Å². The maximum absolute atomic E-state index is 14.1. The quantitative estimate of drug-likeness (QED) is 0.599. The van der Waals surface area contributed by atoms with Crippen molar-refractivity contribution in [1.82, 2.24) is 19.9 Å². The Morgan fingerprint density at radius 1 is 1.29 bits per heavy atom. The number of aromatic nitrogens is 3. The third kappa shape index (κ3) is 2.90. The van der Waals surface area contributed by atoms with Gasteiger partial charge in [-0.3, -0.25) is 4.79 Å². The zero-order valence-electron chi connectivity index (χ0n) is 17.3. The summed E-state index contributed by atoms with van der Waals surface area (Å²) in [6.07, 6.45) is 4.57. The zero-order chi connectivity index (χ0) is 21.3. The maximum Gasteiger partial charge on any atom is 0.257 e. The Bertz CT molecular complexity index is 1220. The molecule has 8 nitrogen and oxygen atoms in total. The first-order chi connectivity index (χ1) is 14.9. The molecule has 4 bridgehead atoms. The Labute approximate surface area is 178 Å². The fourth-order valence-corrected chi connectivity index (χ4v) is 4.72. The molecule has 31 heavy (non-hydrogen) atoms. The molecule has 1 saturated carbocycles. The number of anilines is 1. The van der Waals surface area contributed by atoms with Crippen molar-refractivity contribution in [2.24, 2.45) is 0 Å². The summed E-state index contributed by atoms with van der Waals surface area (Å²) in [5.41, 5.74) is 1.25. The van der Waals surface area contributed by atoms with Crippen LogP contribution in [0.1, 0.15) is 42.6 Å². The van der Waals surface area contributed by atoms with Crippen LogP contribution in [0.5, 0.6) is 11.5 Å². The normalized spacial score (nSPS) is 26.9. The summed E-state index contributed by atoms with van der Waals surface area (Å²) in [5.74, 6) is 1.31. The van der Waals surface area contributed by atoms with Gasteiger partial charge in [-0.05, 0) is 32.0 Å². The monoisotopic (exact) mass is 423 g/mol. The molecular weight excluding hydrogens is 401 g/mol. The van der Waals surface area contributed by atoms with Crippen molar-refractivity contribution in [3.05, 3.63) is 47.5 Å². The molecule has 2 aromatic heterocycles. The van der Waals surface area contributed by atoms with E-state index in [0.717, 1.165) is 5.56 Å². The van der Waals surface area contributed by atoms with Gasteiger partial charge in [-0.2, -0.15) is 5.10 Å². The van der Waals surface area contributed by atoms with Crippen molar-refractivity contribution in [3.63, 3.8) is 0 Å². The Morgan fingerprint density at radius 2 is 2.13 bits per heavy atom. The number of rotatable bonds is 0. The molecule has 1 aromatic carbocycles. The predicted octanol–water partition coefficient (Wildman–Crippen LogP) is 2.70. The second-order valence-corrected chi connectivity index (χ2v) is 8.96. The van der Waals surface area contributed by atoms with Crippen molar-refractivity contribution in [2.45, 2.75) is 50.9 Å². The van der Waals surface area contributed by atoms with E-state index in [4.69, 9.17) is 14.5 Å². The number of carbonyl (C=O) groups excluding carboxylic acids is 1. The van der Waals surface area contributed by atoms with Gasteiger partial charge in [-0.1, -0.05) is 0 Å². The van der Waals surface area contributed by atoms with E-state index < -0.39 is 0 Å². The maximum atomic E-state index is 14.1. The van der Waals surface area contributed by atoms with Gasteiger partial charge in [0.15, 0.2) is 17.2 Å². The van der Waals surface area contributed by atoms with Crippen molar-refractivity contribution >= 4 is 17.4 Å². The van der Waals surface area contributed by atoms with E-state index in [9.17, 15) is 9.18 Å². The molecule has 3 aliphatic heterocycles. The molecule has 4 aliphatic rings. The summed E-state index contributed by atoms with van der Waals surface area (Å²) in [5, 5.41) is 7.42. The topological polar surface area (TPSA) is 81.0 Å². The van der Waals surface area contributed by atoms with Gasteiger partial charge in [0.25, 0.3) is 5.91 Å². The highest BCUT2D eigenvalue weighted by atomic mass is 19.1. The number of benzene rings is 1. The molecule has 0 saturated heterocycles. The Morgan fingerprint density at radius 3 is 2.97 bits per heavy atom. The average Bonchev–Trinajstić information content (AvgIpc) is 3.12. The largest absolute Gasteiger partial charge is 0.490 e. The smallest absolute Gasteiger partial charge is 0.257 e. The molecule has 3 aromatic rings. The van der Waals surface area contributed by atoms with Gasteiger partial charge in [0, 0.05) is 30.5 Å². The Balaban J connectivity index is 1.54. The number of nitrogens with zero attached hydrogens (tertiary/aromatic N) is 4. The van der Waals surface area contributed by atoms with Crippen molar-refractivity contribution < 1.29 is 18.7 Å². The van der Waals surface area contributed by atoms with E-state index in [1.807, 2.05) is 13.8 Å². The van der Waals surface area contributed by atoms with Crippen LogP contribution >= 0.6 is 0 Å². The molecule has 0 unspecified atom stereocenters. The average molecular weight is 423 g/mol. The van der Waals surface area contributed by atoms with Crippen molar-refractivity contribution in [2.75, 3.05) is 11.5 Å². The summed E-state index contributed by atoms with van der Waals surface area (Å²) in [4.78, 5) is 19.9. The van der Waals surface area contributed by atoms with E-state index >= 15 is 0 Å². The third-order valence-corrected chi connectivity index (χ3v) is 6.40. The molecule has 1 amide bonds. The number of halogens is 1. The molecule has 9 heteroatoms. The molecule has 5 heterocycles. The van der Waals surface area contributed by atoms with E-state index in [0.29, 0.717) is 54.5 Å². The summed E-state index contributed by atoms with van der Waals surface area (Å²) < 4.78 is 27.8. The molecule has 1 atom stereocenters. The first-order valence-electron chi connectivity index (χ1n) is 10.4. The first-order valence-corrected chi connectivity index (χ1v) is 10.4. The highest BCUT2D eigenvalue weighted by Crippen LogP contribution is 2.39. The number of hydrogen-bond donors (Lipinski definition) is 1. The molecule has 1 aliphatic carbocycles. The minimum atomic E-state index is -0.377. The summed E-state index contributed by atoms with van der Waals surface area (Å²) in [7, 11) is 0. The van der Waals surface area contributed by atoms with Gasteiger partial charge >= 0.3 is 0 Å². The Kier molecular flexibility index (Phi) is 3.75. The minimum absolute atomic E-state index is 0.00124. The fraction of sp³-hybridized carbons (Fsp3) is 0.409. The van der Waals surface area contributed by atoms with Gasteiger partial charge in [-0.25, -0.2) is 13.9 Å². The molecule has 160 valence electrons. The van der Waals surface area contributed by atoms with Crippen LogP contribution < -0.4 is 19.7 Å². The summed E-state index contributed by atoms with van der Waals surface area (Å²) >= 11 is 0. The zero-order valence-corrected chi connectivity index (χ0v) is 17.3. The number of ether oxygens (including phenoxy) is 2. The van der Waals surface area contributed by atoms with E-state index in [1.54, 1.807) is 16.8 Å². The number of amides is 1. The highest BCUT2D eigenvalue weighted by Gasteiger charge is 2.44. The van der Waals surface area contributed by atoms with E-state index in [1.165, 1.54) is 18.3 Å². The predicted molar refractivity (Wildman–Crippen MR) is 110 cm³/mol. The van der Waals surface area contributed by atoms with Crippen LogP contribution in [-0.4, -0.2) is 44.8 Å². The van der Waals surface area contributed by atoms with Gasteiger partial charge in [0.1, 0.15) is 29.8 Å². The van der Waals surface area contributed by atoms with Crippen molar-refractivity contribution in [3.8, 4) is 11.5 Å². The SMILES string of the molecule is C[C@@H]1COc2cn3ncc4c3nc2N1Cc1cc(F)ccc1OC1CC(C)(C1)NC4=O. The molecule has 0 radical (unpaired) electrons. The highest BCUT2D eigenvalue weighted by molar-refractivity contribution is 6.00. The van der Waals surface area contributed by atoms with Crippen LogP contribution in [0.4, 0.5) is 10.2 Å². The van der Waals surface area contributed by atoms with Gasteiger partial charge in [0.2, 0.25) is 0 Å². The van der Waals surface area contributed by atoms with Crippen LogP contribution in [0.25, 0.3) is 5.65 Å². The lowest BCUT2D eigenvalue weighted by Gasteiger charge is -2.45. The fourth-order valence-electron chi connectivity index (χ4n) is 4.72. The summed E-state index contributed by atoms with van der Waals surface area (Å²) in [6.45, 7) is 4.90. The van der Waals surface area contributed by atoms with Crippen molar-refractivity contribution in [1.29, 1.82) is 0 Å². The van der Waals surface area contributed by atoms with Crippen LogP contribution in [-0.2, 0) is 6.54 Å². The number of carbonyl (C=O) groups is 1. The standard InChI is InChI=1S/C22H22FN5O3/c1-12-11-30-18-10-28-19-16(8-24-28)21(29)26-22(2)6-15(7-22)31-17-4-3-14(23)5-13(17)9-27(12)20(18)25-19/h3-5,8,10,12,15H,6-7,9,11H2,1-2H3,(H,26,29)/t12-,15?,22?/m1/s1. The molecule has 1 N–H and O–H groups in total. The lowest BCUT2D eigenvalue weighted by Crippen LogP contribution is -2.58. The molecule has 7 rings (SSSR count). The van der Waals surface area contributed by atoms with Crippen LogP contribution in [0, 0.1) is 5.82 Å². The van der Waals surface area contributed by atoms with Crippen LogP contribution in [0.2, 0.25) is 0 Å². The second-order valence-electron chi connectivity index (χ2n) is 8.96. The van der Waals surface area contributed by atoms with E-state index in [-0.39, 0.29) is 29.4 Å². The van der Waals surface area contributed by atoms with Crippen LogP contribution in [0.15, 0.2) is 30.6 Å². The second kappa shape index (κ2) is 6.32. The number of nitrogens with one attached hydrogen (secondary N) is 1. The van der Waals surface area contributed by atoms with Gasteiger partial charge in [0.05, 0.1) is 18.4 Å². The molecule has 0 spiro atoms. The summed E-state index contributed by atoms with van der Waals surface area (Å²) in [6, 6.07) is 4.62. The Hall–Kier alpha value is -3.36. The molecular formula is C22H22FN5O3. The lowest BCUT2D eigenvalue weighted by molar-refractivity contribution is 0.0286. The minimum Gasteiger partial charge on any atom is -0.490 e. The number of hydrogen-bond acceptors (Lipinski definition) is 6. The third-order valence-electron chi connectivity index (χ3n) is 6.40. The van der Waals surface area contributed by atoms with Gasteiger partial charge in [-0.15, -0.1) is 0 Å². The van der Waals surface area contributed by atoms with Crippen LogP contribution in [0.3, 0.4) is 0 Å². The first kappa shape index (κ1) is 18.4.